The fourth-order valence-corrected chi connectivity index (χ4v) is 4.74. The molecule has 0 bridgehead atoms. The number of piperazine rings is 1. The number of hydrogen-bond acceptors (Lipinski definition) is 5. The monoisotopic (exact) mass is 441 g/mol. The molecule has 170 valence electrons. The fourth-order valence-electron chi connectivity index (χ4n) is 4.74. The lowest BCUT2D eigenvalue weighted by molar-refractivity contribution is 0.271. The van der Waals surface area contributed by atoms with Crippen LogP contribution in [0.4, 0.5) is 5.69 Å². The number of pyridine rings is 1. The number of hydrogen-bond donors (Lipinski definition) is 0. The van der Waals surface area contributed by atoms with Crippen molar-refractivity contribution in [1.29, 1.82) is 0 Å². The van der Waals surface area contributed by atoms with E-state index >= 15 is 0 Å². The SMILES string of the molecule is CCN1CCN(c2ccc(-c3ccc(CCc4ccccc4OC)n4cnnc34)cc2)CC1. The van der Waals surface area contributed by atoms with E-state index in [1.807, 2.05) is 18.5 Å². The van der Waals surface area contributed by atoms with Crippen LogP contribution in [0, 0.1) is 0 Å². The molecule has 5 rings (SSSR count). The minimum absolute atomic E-state index is 0.887. The van der Waals surface area contributed by atoms with Crippen LogP contribution in [0.1, 0.15) is 18.2 Å². The first-order valence-electron chi connectivity index (χ1n) is 11.8. The van der Waals surface area contributed by atoms with Crippen molar-refractivity contribution in [2.75, 3.05) is 44.7 Å². The zero-order chi connectivity index (χ0) is 22.6. The number of benzene rings is 2. The van der Waals surface area contributed by atoms with Gasteiger partial charge in [-0.3, -0.25) is 4.40 Å². The van der Waals surface area contributed by atoms with Gasteiger partial charge in [0.15, 0.2) is 5.65 Å². The highest BCUT2D eigenvalue weighted by molar-refractivity contribution is 5.78. The van der Waals surface area contributed by atoms with Crippen molar-refractivity contribution >= 4 is 11.3 Å². The molecule has 0 saturated carbocycles. The van der Waals surface area contributed by atoms with Gasteiger partial charge < -0.3 is 14.5 Å². The number of nitrogens with zero attached hydrogens (tertiary/aromatic N) is 5. The molecule has 6 heteroatoms. The maximum absolute atomic E-state index is 5.51. The number of likely N-dealkylation sites (N-methyl/N-ethyl adjacent to an activating group) is 1. The molecular weight excluding hydrogens is 410 g/mol. The summed E-state index contributed by atoms with van der Waals surface area (Å²) in [5.74, 6) is 0.935. The highest BCUT2D eigenvalue weighted by Gasteiger charge is 2.16. The molecule has 0 radical (unpaired) electrons. The lowest BCUT2D eigenvalue weighted by Crippen LogP contribution is -2.46. The number of fused-ring (bicyclic) bond motifs is 1. The van der Waals surface area contributed by atoms with Gasteiger partial charge in [0.05, 0.1) is 7.11 Å². The van der Waals surface area contributed by atoms with Crippen molar-refractivity contribution < 1.29 is 4.74 Å². The number of aromatic nitrogens is 3. The Labute approximate surface area is 195 Å². The predicted molar refractivity (Wildman–Crippen MR) is 133 cm³/mol. The van der Waals surface area contributed by atoms with Gasteiger partial charge in [-0.1, -0.05) is 37.3 Å². The predicted octanol–water partition coefficient (Wildman–Crippen LogP) is 4.33. The van der Waals surface area contributed by atoms with Gasteiger partial charge in [-0.2, -0.15) is 0 Å². The zero-order valence-corrected chi connectivity index (χ0v) is 19.4. The fraction of sp³-hybridized carbons (Fsp3) is 0.333. The topological polar surface area (TPSA) is 45.9 Å². The van der Waals surface area contributed by atoms with Crippen LogP contribution in [0.15, 0.2) is 67.0 Å². The maximum Gasteiger partial charge on any atom is 0.168 e. The highest BCUT2D eigenvalue weighted by Crippen LogP contribution is 2.28. The molecule has 1 aliphatic heterocycles. The van der Waals surface area contributed by atoms with Gasteiger partial charge in [0.25, 0.3) is 0 Å². The standard InChI is InChI=1S/C27H31N5O/c1-3-30-16-18-31(19-17-30)23-11-8-21(9-12-23)25-15-14-24(32-20-28-29-27(25)32)13-10-22-6-4-5-7-26(22)33-2/h4-9,11-12,14-15,20H,3,10,13,16-19H2,1-2H3. The minimum atomic E-state index is 0.887. The number of ether oxygens (including phenoxy) is 1. The van der Waals surface area contributed by atoms with E-state index < -0.39 is 0 Å². The third-order valence-corrected chi connectivity index (χ3v) is 6.75. The number of rotatable bonds is 7. The molecule has 0 unspecified atom stereocenters. The van der Waals surface area contributed by atoms with Crippen LogP contribution in [0.25, 0.3) is 16.8 Å². The van der Waals surface area contributed by atoms with Crippen LogP contribution in [-0.4, -0.2) is 59.3 Å². The van der Waals surface area contributed by atoms with E-state index in [1.54, 1.807) is 7.11 Å². The van der Waals surface area contributed by atoms with E-state index in [0.717, 1.165) is 62.5 Å². The lowest BCUT2D eigenvalue weighted by Gasteiger charge is -2.35. The molecule has 2 aromatic heterocycles. The van der Waals surface area contributed by atoms with Gasteiger partial charge in [0, 0.05) is 43.1 Å². The lowest BCUT2D eigenvalue weighted by atomic mass is 10.0. The summed E-state index contributed by atoms with van der Waals surface area (Å²) < 4.78 is 7.62. The second-order valence-corrected chi connectivity index (χ2v) is 8.54. The molecule has 6 nitrogen and oxygen atoms in total. The second-order valence-electron chi connectivity index (χ2n) is 8.54. The largest absolute Gasteiger partial charge is 0.496 e. The number of aryl methyl sites for hydroxylation is 2. The van der Waals surface area contributed by atoms with Gasteiger partial charge in [0.2, 0.25) is 0 Å². The summed E-state index contributed by atoms with van der Waals surface area (Å²) in [4.78, 5) is 4.98. The molecule has 3 heterocycles. The van der Waals surface area contributed by atoms with Gasteiger partial charge in [-0.05, 0) is 60.8 Å². The van der Waals surface area contributed by atoms with Crippen molar-refractivity contribution in [1.82, 2.24) is 19.5 Å². The van der Waals surface area contributed by atoms with E-state index in [0.29, 0.717) is 0 Å². The molecule has 1 saturated heterocycles. The van der Waals surface area contributed by atoms with E-state index in [2.05, 4.69) is 79.9 Å². The van der Waals surface area contributed by atoms with Crippen molar-refractivity contribution in [2.24, 2.45) is 0 Å². The van der Waals surface area contributed by atoms with Gasteiger partial charge in [0.1, 0.15) is 12.1 Å². The van der Waals surface area contributed by atoms with Crippen molar-refractivity contribution in [3.8, 4) is 16.9 Å². The van der Waals surface area contributed by atoms with Crippen LogP contribution in [0.2, 0.25) is 0 Å². The average Bonchev–Trinajstić information content (AvgIpc) is 3.38. The molecule has 0 aliphatic carbocycles. The minimum Gasteiger partial charge on any atom is -0.496 e. The summed E-state index contributed by atoms with van der Waals surface area (Å²) in [5.41, 5.74) is 6.86. The first kappa shape index (κ1) is 21.5. The Morgan fingerprint density at radius 2 is 1.67 bits per heavy atom. The Hall–Kier alpha value is -3.38. The Morgan fingerprint density at radius 3 is 2.42 bits per heavy atom. The molecular formula is C27H31N5O. The number of methoxy groups -OCH3 is 1. The molecule has 33 heavy (non-hydrogen) atoms. The normalized spacial score (nSPS) is 14.7. The molecule has 0 spiro atoms. The third kappa shape index (κ3) is 4.44. The summed E-state index contributed by atoms with van der Waals surface area (Å²) in [6.07, 6.45) is 3.60. The summed E-state index contributed by atoms with van der Waals surface area (Å²) in [7, 11) is 1.72. The molecule has 4 aromatic rings. The first-order chi connectivity index (χ1) is 16.3. The van der Waals surface area contributed by atoms with Crippen molar-refractivity contribution in [2.45, 2.75) is 19.8 Å². The van der Waals surface area contributed by atoms with Crippen LogP contribution in [0.5, 0.6) is 5.75 Å². The maximum atomic E-state index is 5.51. The Balaban J connectivity index is 1.35. The third-order valence-electron chi connectivity index (χ3n) is 6.75. The summed E-state index contributed by atoms with van der Waals surface area (Å²) in [5, 5.41) is 8.67. The smallest absolute Gasteiger partial charge is 0.168 e. The van der Waals surface area contributed by atoms with E-state index in [-0.39, 0.29) is 0 Å². The van der Waals surface area contributed by atoms with Crippen LogP contribution >= 0.6 is 0 Å². The number of para-hydroxylation sites is 1. The number of anilines is 1. The van der Waals surface area contributed by atoms with Crippen LogP contribution < -0.4 is 9.64 Å². The summed E-state index contributed by atoms with van der Waals surface area (Å²) >= 11 is 0. The molecule has 0 atom stereocenters. The van der Waals surface area contributed by atoms with Crippen molar-refractivity contribution in [3.05, 3.63) is 78.2 Å². The zero-order valence-electron chi connectivity index (χ0n) is 19.4. The second kappa shape index (κ2) is 9.63. The highest BCUT2D eigenvalue weighted by atomic mass is 16.5. The van der Waals surface area contributed by atoms with Crippen LogP contribution in [-0.2, 0) is 12.8 Å². The van der Waals surface area contributed by atoms with Crippen LogP contribution in [0.3, 0.4) is 0 Å². The van der Waals surface area contributed by atoms with E-state index in [4.69, 9.17) is 4.74 Å². The van der Waals surface area contributed by atoms with Gasteiger partial charge >= 0.3 is 0 Å². The van der Waals surface area contributed by atoms with Gasteiger partial charge in [-0.25, -0.2) is 0 Å². The molecule has 0 N–H and O–H groups in total. The quantitative estimate of drug-likeness (QED) is 0.427. The Morgan fingerprint density at radius 1 is 0.879 bits per heavy atom. The average molecular weight is 442 g/mol. The van der Waals surface area contributed by atoms with Crippen molar-refractivity contribution in [3.63, 3.8) is 0 Å². The molecule has 1 aliphatic rings. The van der Waals surface area contributed by atoms with Gasteiger partial charge in [-0.15, -0.1) is 10.2 Å². The molecule has 0 amide bonds. The summed E-state index contributed by atoms with van der Waals surface area (Å²) in [6.45, 7) is 7.81. The van der Waals surface area contributed by atoms with E-state index in [1.165, 1.54) is 22.5 Å². The van der Waals surface area contributed by atoms with E-state index in [9.17, 15) is 0 Å². The Bertz CT molecular complexity index is 1210. The molecule has 2 aromatic carbocycles. The summed E-state index contributed by atoms with van der Waals surface area (Å²) in [6, 6.07) is 21.5. The Kier molecular flexibility index (Phi) is 6.26. The molecule has 1 fully saturated rings. The first-order valence-corrected chi connectivity index (χ1v) is 11.8.